The molecule has 1 atom stereocenters. The summed E-state index contributed by atoms with van der Waals surface area (Å²) in [6.07, 6.45) is 9.76. The molecular weight excluding hydrogens is 295 g/mol. The molecule has 0 radical (unpaired) electrons. The SMILES string of the molecule is CCCCCC(O)C#C/C=C(/F)CCCCCCCC(=O)OC. The number of aliphatic hydroxyl groups excluding tert-OH is 1. The molecule has 1 unspecified atom stereocenters. The molecule has 0 aliphatic rings. The summed E-state index contributed by atoms with van der Waals surface area (Å²) in [7, 11) is 1.39. The van der Waals surface area contributed by atoms with Gasteiger partial charge in [0, 0.05) is 12.5 Å². The molecule has 0 rings (SSSR count). The first-order valence-corrected chi connectivity index (χ1v) is 8.70. The summed E-state index contributed by atoms with van der Waals surface area (Å²) >= 11 is 0. The Bertz CT molecular complexity index is 393. The molecule has 0 saturated carbocycles. The summed E-state index contributed by atoms with van der Waals surface area (Å²) in [5, 5.41) is 9.58. The van der Waals surface area contributed by atoms with E-state index < -0.39 is 6.10 Å². The Balaban J connectivity index is 3.65. The third-order valence-corrected chi connectivity index (χ3v) is 3.58. The Kier molecular flexibility index (Phi) is 14.6. The lowest BCUT2D eigenvalue weighted by Crippen LogP contribution is -2.01. The first kappa shape index (κ1) is 21.7. The number of methoxy groups -OCH3 is 1. The first-order chi connectivity index (χ1) is 11.1. The van der Waals surface area contributed by atoms with E-state index in [4.69, 9.17) is 0 Å². The van der Waals surface area contributed by atoms with Gasteiger partial charge in [0.05, 0.1) is 7.11 Å². The number of unbranched alkanes of at least 4 members (excludes halogenated alkanes) is 6. The van der Waals surface area contributed by atoms with Gasteiger partial charge in [-0.05, 0) is 32.1 Å². The molecule has 1 N–H and O–H groups in total. The smallest absolute Gasteiger partial charge is 0.305 e. The third kappa shape index (κ3) is 15.3. The van der Waals surface area contributed by atoms with Gasteiger partial charge in [0.25, 0.3) is 0 Å². The van der Waals surface area contributed by atoms with E-state index >= 15 is 0 Å². The second-order valence-electron chi connectivity index (χ2n) is 5.74. The second-order valence-corrected chi connectivity index (χ2v) is 5.74. The van der Waals surface area contributed by atoms with Crippen LogP contribution >= 0.6 is 0 Å². The van der Waals surface area contributed by atoms with Gasteiger partial charge in [-0.15, -0.1) is 0 Å². The minimum absolute atomic E-state index is 0.172. The van der Waals surface area contributed by atoms with Crippen molar-refractivity contribution in [3.8, 4) is 11.8 Å². The van der Waals surface area contributed by atoms with Crippen molar-refractivity contribution in [3.63, 3.8) is 0 Å². The fourth-order valence-corrected chi connectivity index (χ4v) is 2.14. The van der Waals surface area contributed by atoms with Crippen LogP contribution < -0.4 is 0 Å². The highest BCUT2D eigenvalue weighted by Crippen LogP contribution is 2.12. The van der Waals surface area contributed by atoms with Crippen LogP contribution in [0.25, 0.3) is 0 Å². The van der Waals surface area contributed by atoms with Gasteiger partial charge in [-0.1, -0.05) is 50.9 Å². The molecule has 132 valence electrons. The molecule has 0 aliphatic heterocycles. The zero-order chi connectivity index (χ0) is 17.3. The summed E-state index contributed by atoms with van der Waals surface area (Å²) in [5.41, 5.74) is 0. The molecule has 0 aromatic rings. The lowest BCUT2D eigenvalue weighted by Gasteiger charge is -2.01. The molecule has 3 nitrogen and oxygen atoms in total. The Hall–Kier alpha value is -1.34. The first-order valence-electron chi connectivity index (χ1n) is 8.70. The maximum Gasteiger partial charge on any atom is 0.305 e. The molecule has 0 aromatic heterocycles. The van der Waals surface area contributed by atoms with Crippen LogP contribution in [0.2, 0.25) is 0 Å². The van der Waals surface area contributed by atoms with Crippen molar-refractivity contribution in [1.82, 2.24) is 0 Å². The van der Waals surface area contributed by atoms with Gasteiger partial charge in [0.2, 0.25) is 0 Å². The molecule has 4 heteroatoms. The van der Waals surface area contributed by atoms with E-state index in [1.165, 1.54) is 13.2 Å². The van der Waals surface area contributed by atoms with Crippen molar-refractivity contribution < 1.29 is 19.0 Å². The van der Waals surface area contributed by atoms with Crippen LogP contribution in [0.5, 0.6) is 0 Å². The number of hydrogen-bond acceptors (Lipinski definition) is 3. The second kappa shape index (κ2) is 15.6. The molecule has 0 aliphatic carbocycles. The quantitative estimate of drug-likeness (QED) is 0.321. The number of hydrogen-bond donors (Lipinski definition) is 1. The van der Waals surface area contributed by atoms with Crippen molar-refractivity contribution >= 4 is 5.97 Å². The minimum Gasteiger partial charge on any atom is -0.469 e. The molecular formula is C19H31FO3. The van der Waals surface area contributed by atoms with Crippen molar-refractivity contribution in [2.75, 3.05) is 7.11 Å². The molecule has 23 heavy (non-hydrogen) atoms. The van der Waals surface area contributed by atoms with Crippen LogP contribution in [0.3, 0.4) is 0 Å². The number of carbonyl (C=O) groups is 1. The Morgan fingerprint density at radius 1 is 1.13 bits per heavy atom. The average Bonchev–Trinajstić information content (AvgIpc) is 2.53. The maximum absolute atomic E-state index is 13.5. The fraction of sp³-hybridized carbons (Fsp3) is 0.737. The molecule has 0 spiro atoms. The summed E-state index contributed by atoms with van der Waals surface area (Å²) in [6.45, 7) is 2.11. The minimum atomic E-state index is -0.652. The fourth-order valence-electron chi connectivity index (χ4n) is 2.14. The summed E-state index contributed by atoms with van der Waals surface area (Å²) in [6, 6.07) is 0. The zero-order valence-corrected chi connectivity index (χ0v) is 14.6. The van der Waals surface area contributed by atoms with Gasteiger partial charge in [-0.3, -0.25) is 4.79 Å². The summed E-state index contributed by atoms with van der Waals surface area (Å²) in [5.74, 6) is 4.86. The highest BCUT2D eigenvalue weighted by Gasteiger charge is 2.00. The average molecular weight is 326 g/mol. The van der Waals surface area contributed by atoms with Gasteiger partial charge in [-0.2, -0.15) is 0 Å². The van der Waals surface area contributed by atoms with Gasteiger partial charge < -0.3 is 9.84 Å². The Labute approximate surface area is 140 Å². The number of halogens is 1. The van der Waals surface area contributed by atoms with Crippen molar-refractivity contribution in [2.45, 2.75) is 83.7 Å². The monoisotopic (exact) mass is 326 g/mol. The lowest BCUT2D eigenvalue weighted by atomic mass is 10.1. The predicted octanol–water partition coefficient (Wildman–Crippen LogP) is 4.69. The van der Waals surface area contributed by atoms with Gasteiger partial charge in [0.1, 0.15) is 11.9 Å². The van der Waals surface area contributed by atoms with Crippen LogP contribution in [0, 0.1) is 11.8 Å². The van der Waals surface area contributed by atoms with E-state index in [-0.39, 0.29) is 11.8 Å². The number of aliphatic hydroxyl groups is 1. The van der Waals surface area contributed by atoms with Crippen molar-refractivity contribution in [1.29, 1.82) is 0 Å². The van der Waals surface area contributed by atoms with Gasteiger partial charge in [-0.25, -0.2) is 4.39 Å². The molecule has 0 heterocycles. The third-order valence-electron chi connectivity index (χ3n) is 3.58. The van der Waals surface area contributed by atoms with Crippen LogP contribution in [-0.2, 0) is 9.53 Å². The largest absolute Gasteiger partial charge is 0.469 e. The topological polar surface area (TPSA) is 46.5 Å². The number of carbonyl (C=O) groups excluding carboxylic acids is 1. The van der Waals surface area contributed by atoms with Crippen LogP contribution in [0.15, 0.2) is 11.9 Å². The van der Waals surface area contributed by atoms with Crippen LogP contribution in [-0.4, -0.2) is 24.3 Å². The molecule has 0 aromatic carbocycles. The van der Waals surface area contributed by atoms with E-state index in [2.05, 4.69) is 23.5 Å². The molecule has 0 saturated heterocycles. The van der Waals surface area contributed by atoms with E-state index in [0.717, 1.165) is 51.4 Å². The van der Waals surface area contributed by atoms with Crippen molar-refractivity contribution in [2.24, 2.45) is 0 Å². The predicted molar refractivity (Wildman–Crippen MR) is 91.5 cm³/mol. The van der Waals surface area contributed by atoms with Crippen molar-refractivity contribution in [3.05, 3.63) is 11.9 Å². The van der Waals surface area contributed by atoms with Crippen LogP contribution in [0.4, 0.5) is 4.39 Å². The summed E-state index contributed by atoms with van der Waals surface area (Å²) in [4.78, 5) is 10.9. The zero-order valence-electron chi connectivity index (χ0n) is 14.6. The molecule has 0 bridgehead atoms. The molecule has 0 fully saturated rings. The standard InChI is InChI=1S/C19H31FO3/c1-3-4-8-14-18(21)15-11-13-17(20)12-9-6-5-7-10-16-19(22)23-2/h13,18,21H,3-10,12,14,16H2,1-2H3/b17-13+. The van der Waals surface area contributed by atoms with Crippen LogP contribution in [0.1, 0.15) is 77.6 Å². The number of allylic oxidation sites excluding steroid dienone is 2. The summed E-state index contributed by atoms with van der Waals surface area (Å²) < 4.78 is 18.1. The highest BCUT2D eigenvalue weighted by atomic mass is 19.1. The van der Waals surface area contributed by atoms with E-state index in [9.17, 15) is 14.3 Å². The number of esters is 1. The van der Waals surface area contributed by atoms with E-state index in [1.54, 1.807) is 0 Å². The normalized spacial score (nSPS) is 12.4. The lowest BCUT2D eigenvalue weighted by molar-refractivity contribution is -0.140. The number of rotatable bonds is 12. The van der Waals surface area contributed by atoms with E-state index in [0.29, 0.717) is 19.3 Å². The van der Waals surface area contributed by atoms with Gasteiger partial charge in [0.15, 0.2) is 0 Å². The van der Waals surface area contributed by atoms with Gasteiger partial charge >= 0.3 is 5.97 Å². The Morgan fingerprint density at radius 2 is 1.78 bits per heavy atom. The van der Waals surface area contributed by atoms with E-state index in [1.807, 2.05) is 0 Å². The maximum atomic E-state index is 13.5. The highest BCUT2D eigenvalue weighted by molar-refractivity contribution is 5.68. The molecule has 0 amide bonds. The Morgan fingerprint density at radius 3 is 2.43 bits per heavy atom. The number of ether oxygens (including phenoxy) is 1.